The lowest BCUT2D eigenvalue weighted by Gasteiger charge is -2.37. The van der Waals surface area contributed by atoms with Crippen LogP contribution in [0.5, 0.6) is 0 Å². The molecule has 6 heteroatoms. The van der Waals surface area contributed by atoms with E-state index in [9.17, 15) is 4.39 Å². The Balaban J connectivity index is 1.97. The van der Waals surface area contributed by atoms with Gasteiger partial charge in [-0.1, -0.05) is 33.8 Å². The Morgan fingerprint density at radius 2 is 2.00 bits per heavy atom. The third-order valence-corrected chi connectivity index (χ3v) is 5.84. The van der Waals surface area contributed by atoms with Crippen molar-refractivity contribution in [1.29, 1.82) is 0 Å². The number of hydrogen-bond acceptors (Lipinski definition) is 4. The van der Waals surface area contributed by atoms with Crippen molar-refractivity contribution in [2.45, 2.75) is 84.8 Å². The van der Waals surface area contributed by atoms with Crippen molar-refractivity contribution < 1.29 is 4.39 Å². The standard InChI is InChI=1S/C21H32FN5/c1-7-21(5,6)27-19(24-25-26-27)18(20(2,3)4)23-17-10-8-9-14-13-15(22)11-12-16(14)17/h11-13,17-18,23H,7-10H2,1-6H3/t17-,18?/m1/s1. The average molecular weight is 374 g/mol. The van der Waals surface area contributed by atoms with E-state index in [1.54, 1.807) is 12.1 Å². The van der Waals surface area contributed by atoms with Gasteiger partial charge in [0.1, 0.15) is 5.82 Å². The van der Waals surface area contributed by atoms with Crippen LogP contribution in [0, 0.1) is 11.2 Å². The number of halogens is 1. The normalized spacial score (nSPS) is 19.0. The first-order valence-corrected chi connectivity index (χ1v) is 9.96. The van der Waals surface area contributed by atoms with Crippen LogP contribution in [-0.4, -0.2) is 20.2 Å². The smallest absolute Gasteiger partial charge is 0.169 e. The Morgan fingerprint density at radius 3 is 2.67 bits per heavy atom. The highest BCUT2D eigenvalue weighted by Gasteiger charge is 2.37. The predicted molar refractivity (Wildman–Crippen MR) is 105 cm³/mol. The molecule has 1 unspecified atom stereocenters. The van der Waals surface area contributed by atoms with E-state index in [0.29, 0.717) is 0 Å². The van der Waals surface area contributed by atoms with E-state index >= 15 is 0 Å². The SMILES string of the molecule is CCC(C)(C)n1nnnc1C(N[C@@H]1CCCc2cc(F)ccc21)C(C)(C)C. The molecule has 0 amide bonds. The third kappa shape index (κ3) is 4.05. The Bertz CT molecular complexity index is 790. The van der Waals surface area contributed by atoms with E-state index in [2.05, 4.69) is 62.4 Å². The predicted octanol–water partition coefficient (Wildman–Crippen LogP) is 4.71. The van der Waals surface area contributed by atoms with Crippen LogP contribution in [0.25, 0.3) is 0 Å². The highest BCUT2D eigenvalue weighted by Crippen LogP contribution is 2.38. The molecule has 0 aliphatic heterocycles. The van der Waals surface area contributed by atoms with Crippen LogP contribution < -0.4 is 5.32 Å². The number of nitrogens with one attached hydrogen (secondary N) is 1. The first kappa shape index (κ1) is 19.9. The molecule has 1 aliphatic carbocycles. The molecule has 0 saturated heterocycles. The van der Waals surface area contributed by atoms with Gasteiger partial charge in [-0.15, -0.1) is 5.10 Å². The van der Waals surface area contributed by atoms with Crippen LogP contribution in [0.3, 0.4) is 0 Å². The molecular weight excluding hydrogens is 341 g/mol. The van der Waals surface area contributed by atoms with E-state index in [-0.39, 0.29) is 28.9 Å². The minimum atomic E-state index is -0.157. The second kappa shape index (κ2) is 7.30. The van der Waals surface area contributed by atoms with Crippen molar-refractivity contribution in [1.82, 2.24) is 25.5 Å². The van der Waals surface area contributed by atoms with E-state index in [1.165, 1.54) is 5.56 Å². The second-order valence-electron chi connectivity index (χ2n) is 9.37. The molecule has 1 N–H and O–H groups in total. The molecule has 0 fully saturated rings. The molecule has 0 bridgehead atoms. The Morgan fingerprint density at radius 1 is 1.26 bits per heavy atom. The Labute approximate surface area is 161 Å². The minimum absolute atomic E-state index is 0.0145. The first-order chi connectivity index (χ1) is 12.6. The topological polar surface area (TPSA) is 55.6 Å². The maximum Gasteiger partial charge on any atom is 0.169 e. The lowest BCUT2D eigenvalue weighted by molar-refractivity contribution is 0.202. The van der Waals surface area contributed by atoms with E-state index in [0.717, 1.165) is 37.1 Å². The van der Waals surface area contributed by atoms with Crippen LogP contribution in [0.1, 0.15) is 89.8 Å². The maximum atomic E-state index is 13.7. The largest absolute Gasteiger partial charge is 0.300 e. The Hall–Kier alpha value is -1.82. The average Bonchev–Trinajstić information content (AvgIpc) is 3.08. The molecule has 1 aromatic carbocycles. The molecule has 3 rings (SSSR count). The van der Waals surface area contributed by atoms with E-state index < -0.39 is 0 Å². The molecule has 2 aromatic rings. The van der Waals surface area contributed by atoms with Gasteiger partial charge in [0.15, 0.2) is 5.82 Å². The summed E-state index contributed by atoms with van der Waals surface area (Å²) in [4.78, 5) is 0. The molecule has 27 heavy (non-hydrogen) atoms. The second-order valence-corrected chi connectivity index (χ2v) is 9.37. The summed E-state index contributed by atoms with van der Waals surface area (Å²) in [6.45, 7) is 13.1. The van der Waals surface area contributed by atoms with Crippen molar-refractivity contribution in [3.05, 3.63) is 41.0 Å². The van der Waals surface area contributed by atoms with Crippen LogP contribution in [0.2, 0.25) is 0 Å². The molecule has 2 atom stereocenters. The van der Waals surface area contributed by atoms with E-state index in [1.807, 2.05) is 10.7 Å². The summed E-state index contributed by atoms with van der Waals surface area (Å²) in [5.74, 6) is 0.707. The fourth-order valence-electron chi connectivity index (χ4n) is 3.82. The van der Waals surface area contributed by atoms with Gasteiger partial charge in [0.2, 0.25) is 0 Å². The maximum absolute atomic E-state index is 13.7. The van der Waals surface area contributed by atoms with Gasteiger partial charge in [-0.3, -0.25) is 5.32 Å². The molecule has 0 radical (unpaired) electrons. The monoisotopic (exact) mass is 373 g/mol. The number of benzene rings is 1. The van der Waals surface area contributed by atoms with Gasteiger partial charge in [-0.05, 0) is 78.6 Å². The molecule has 0 saturated carbocycles. The van der Waals surface area contributed by atoms with Crippen molar-refractivity contribution in [3.63, 3.8) is 0 Å². The van der Waals surface area contributed by atoms with Gasteiger partial charge >= 0.3 is 0 Å². The summed E-state index contributed by atoms with van der Waals surface area (Å²) in [5, 5.41) is 16.5. The number of aromatic nitrogens is 4. The van der Waals surface area contributed by atoms with Crippen molar-refractivity contribution >= 4 is 0 Å². The summed E-state index contributed by atoms with van der Waals surface area (Å²) in [6, 6.07) is 5.34. The summed E-state index contributed by atoms with van der Waals surface area (Å²) < 4.78 is 15.6. The highest BCUT2D eigenvalue weighted by atomic mass is 19.1. The quantitative estimate of drug-likeness (QED) is 0.824. The van der Waals surface area contributed by atoms with Crippen molar-refractivity contribution in [2.75, 3.05) is 0 Å². The fourth-order valence-corrected chi connectivity index (χ4v) is 3.82. The number of hydrogen-bond donors (Lipinski definition) is 1. The summed E-state index contributed by atoms with van der Waals surface area (Å²) in [6.07, 6.45) is 3.96. The summed E-state index contributed by atoms with van der Waals surface area (Å²) in [7, 11) is 0. The molecule has 1 heterocycles. The zero-order chi connectivity index (χ0) is 19.8. The molecule has 148 valence electrons. The van der Waals surface area contributed by atoms with Gasteiger partial charge in [0.25, 0.3) is 0 Å². The molecular formula is C21H32FN5. The third-order valence-electron chi connectivity index (χ3n) is 5.84. The number of nitrogens with zero attached hydrogens (tertiary/aromatic N) is 4. The Kier molecular flexibility index (Phi) is 5.39. The van der Waals surface area contributed by atoms with Crippen LogP contribution >= 0.6 is 0 Å². The molecule has 1 aromatic heterocycles. The summed E-state index contributed by atoms with van der Waals surface area (Å²) in [5.41, 5.74) is 2.08. The van der Waals surface area contributed by atoms with E-state index in [4.69, 9.17) is 0 Å². The lowest BCUT2D eigenvalue weighted by Crippen LogP contribution is -2.40. The first-order valence-electron chi connectivity index (χ1n) is 9.96. The lowest BCUT2D eigenvalue weighted by atomic mass is 9.82. The molecule has 0 spiro atoms. The fraction of sp³-hybridized carbons (Fsp3) is 0.667. The van der Waals surface area contributed by atoms with Gasteiger partial charge in [-0.25, -0.2) is 9.07 Å². The molecule has 5 nitrogen and oxygen atoms in total. The minimum Gasteiger partial charge on any atom is -0.300 e. The van der Waals surface area contributed by atoms with Gasteiger partial charge in [-0.2, -0.15) is 0 Å². The van der Waals surface area contributed by atoms with Crippen LogP contribution in [0.4, 0.5) is 4.39 Å². The van der Waals surface area contributed by atoms with Crippen LogP contribution in [-0.2, 0) is 12.0 Å². The number of aryl methyl sites for hydroxylation is 1. The zero-order valence-corrected chi connectivity index (χ0v) is 17.4. The highest BCUT2D eigenvalue weighted by molar-refractivity contribution is 5.33. The van der Waals surface area contributed by atoms with Gasteiger partial charge < -0.3 is 0 Å². The zero-order valence-electron chi connectivity index (χ0n) is 17.4. The summed E-state index contributed by atoms with van der Waals surface area (Å²) >= 11 is 0. The molecule has 1 aliphatic rings. The van der Waals surface area contributed by atoms with Gasteiger partial charge in [0.05, 0.1) is 11.6 Å². The van der Waals surface area contributed by atoms with Crippen molar-refractivity contribution in [2.24, 2.45) is 5.41 Å². The van der Waals surface area contributed by atoms with Crippen LogP contribution in [0.15, 0.2) is 18.2 Å². The number of tetrazole rings is 1. The van der Waals surface area contributed by atoms with Gasteiger partial charge in [0, 0.05) is 6.04 Å². The van der Waals surface area contributed by atoms with Crippen molar-refractivity contribution in [3.8, 4) is 0 Å². The number of fused-ring (bicyclic) bond motifs is 1. The number of rotatable bonds is 5.